The molecule has 1 aromatic heterocycles. The summed E-state index contributed by atoms with van der Waals surface area (Å²) in [6.07, 6.45) is -1.39. The van der Waals surface area contributed by atoms with Crippen molar-refractivity contribution in [2.24, 2.45) is 0 Å². The van der Waals surface area contributed by atoms with E-state index in [0.29, 0.717) is 16.3 Å². The molecule has 7 heteroatoms. The van der Waals surface area contributed by atoms with Gasteiger partial charge in [0.05, 0.1) is 5.56 Å². The van der Waals surface area contributed by atoms with Crippen molar-refractivity contribution in [3.63, 3.8) is 0 Å². The van der Waals surface area contributed by atoms with Crippen molar-refractivity contribution >= 4 is 17.5 Å². The molecule has 0 saturated carbocycles. The number of nitrogens with two attached hydrogens (primary N) is 1. The van der Waals surface area contributed by atoms with Gasteiger partial charge in [-0.05, 0) is 41.8 Å². The van der Waals surface area contributed by atoms with Crippen LogP contribution in [0.5, 0.6) is 0 Å². The van der Waals surface area contributed by atoms with Crippen molar-refractivity contribution in [1.82, 2.24) is 9.55 Å². The fourth-order valence-electron chi connectivity index (χ4n) is 2.53. The van der Waals surface area contributed by atoms with Gasteiger partial charge in [-0.25, -0.2) is 4.98 Å². The summed E-state index contributed by atoms with van der Waals surface area (Å²) in [5.41, 5.74) is 6.16. The number of nitrogens with zero attached hydrogens (tertiary/aromatic N) is 2. The molecular weight excluding hydrogens is 339 g/mol. The van der Waals surface area contributed by atoms with Gasteiger partial charge in [-0.3, -0.25) is 4.57 Å². The fourth-order valence-corrected chi connectivity index (χ4v) is 2.75. The minimum Gasteiger partial charge on any atom is -0.369 e. The number of hydrogen-bond acceptors (Lipinski definition) is 2. The molecule has 1 heterocycles. The maximum Gasteiger partial charge on any atom is 0.416 e. The van der Waals surface area contributed by atoms with Gasteiger partial charge in [0.1, 0.15) is 0 Å². The SMILES string of the molecule is Nc1nccn1-c1ccc(Cc2cccc(Cl)c2)c(C(F)(F)F)c1. The summed E-state index contributed by atoms with van der Waals surface area (Å²) < 4.78 is 41.8. The Morgan fingerprint density at radius 1 is 1.12 bits per heavy atom. The molecule has 0 aliphatic carbocycles. The van der Waals surface area contributed by atoms with Crippen LogP contribution in [0.15, 0.2) is 54.9 Å². The highest BCUT2D eigenvalue weighted by Gasteiger charge is 2.33. The molecule has 2 N–H and O–H groups in total. The molecule has 0 amide bonds. The molecule has 0 fully saturated rings. The monoisotopic (exact) mass is 351 g/mol. The van der Waals surface area contributed by atoms with Crippen molar-refractivity contribution in [2.75, 3.05) is 5.73 Å². The van der Waals surface area contributed by atoms with Crippen molar-refractivity contribution in [3.8, 4) is 5.69 Å². The molecule has 0 unspecified atom stereocenters. The molecule has 24 heavy (non-hydrogen) atoms. The number of imidazole rings is 1. The van der Waals surface area contributed by atoms with Gasteiger partial charge < -0.3 is 5.73 Å². The van der Waals surface area contributed by atoms with Crippen LogP contribution >= 0.6 is 11.6 Å². The molecular formula is C17H13ClF3N3. The number of nitrogen functional groups attached to an aromatic ring is 1. The molecule has 0 bridgehead atoms. The largest absolute Gasteiger partial charge is 0.416 e. The summed E-state index contributed by atoms with van der Waals surface area (Å²) in [5, 5.41) is 0.490. The lowest BCUT2D eigenvalue weighted by molar-refractivity contribution is -0.138. The van der Waals surface area contributed by atoms with Crippen molar-refractivity contribution in [2.45, 2.75) is 12.6 Å². The smallest absolute Gasteiger partial charge is 0.369 e. The van der Waals surface area contributed by atoms with E-state index in [1.165, 1.54) is 23.0 Å². The second-order valence-corrected chi connectivity index (χ2v) is 5.74. The van der Waals surface area contributed by atoms with Gasteiger partial charge >= 0.3 is 6.18 Å². The molecule has 124 valence electrons. The lowest BCUT2D eigenvalue weighted by atomic mass is 9.98. The van der Waals surface area contributed by atoms with Crippen LogP contribution in [0.1, 0.15) is 16.7 Å². The number of anilines is 1. The Hall–Kier alpha value is -2.47. The first kappa shape index (κ1) is 16.4. The molecule has 0 atom stereocenters. The normalized spacial score (nSPS) is 11.7. The predicted molar refractivity (Wildman–Crippen MR) is 87.2 cm³/mol. The van der Waals surface area contributed by atoms with E-state index in [2.05, 4.69) is 4.98 Å². The van der Waals surface area contributed by atoms with E-state index in [1.807, 2.05) is 0 Å². The van der Waals surface area contributed by atoms with E-state index < -0.39 is 11.7 Å². The molecule has 0 aliphatic rings. The molecule has 0 saturated heterocycles. The molecule has 3 aromatic rings. The Morgan fingerprint density at radius 2 is 1.92 bits per heavy atom. The van der Waals surface area contributed by atoms with Crippen molar-refractivity contribution in [1.29, 1.82) is 0 Å². The van der Waals surface area contributed by atoms with Crippen LogP contribution < -0.4 is 5.73 Å². The van der Waals surface area contributed by atoms with Gasteiger partial charge in [0, 0.05) is 23.1 Å². The number of benzene rings is 2. The average molecular weight is 352 g/mol. The Bertz CT molecular complexity index is 872. The minimum atomic E-state index is -4.47. The first-order valence-electron chi connectivity index (χ1n) is 7.08. The molecule has 0 radical (unpaired) electrons. The maximum atomic E-state index is 13.5. The third-order valence-electron chi connectivity index (χ3n) is 3.63. The van der Waals surface area contributed by atoms with Crippen molar-refractivity contribution in [3.05, 3.63) is 76.6 Å². The number of alkyl halides is 3. The molecule has 3 nitrogen and oxygen atoms in total. The third-order valence-corrected chi connectivity index (χ3v) is 3.87. The van der Waals surface area contributed by atoms with Crippen LogP contribution in [0.3, 0.4) is 0 Å². The second-order valence-electron chi connectivity index (χ2n) is 5.30. The van der Waals surface area contributed by atoms with Crippen LogP contribution in [0.2, 0.25) is 5.02 Å². The highest BCUT2D eigenvalue weighted by atomic mass is 35.5. The zero-order valence-electron chi connectivity index (χ0n) is 12.4. The summed E-state index contributed by atoms with van der Waals surface area (Å²) in [6.45, 7) is 0. The van der Waals surface area contributed by atoms with Gasteiger partial charge in [0.2, 0.25) is 5.95 Å². The van der Waals surface area contributed by atoms with E-state index in [1.54, 1.807) is 30.3 Å². The van der Waals surface area contributed by atoms with E-state index in [-0.39, 0.29) is 17.9 Å². The lowest BCUT2D eigenvalue weighted by Crippen LogP contribution is -2.11. The van der Waals surface area contributed by atoms with Crippen LogP contribution in [0, 0.1) is 0 Å². The van der Waals surface area contributed by atoms with Crippen LogP contribution in [-0.4, -0.2) is 9.55 Å². The standard InChI is InChI=1S/C17H13ClF3N3/c18-13-3-1-2-11(9-13)8-12-4-5-14(10-15(12)17(19,20)21)24-7-6-23-16(24)22/h1-7,9-10H,8H2,(H2,22,23). The Morgan fingerprint density at radius 3 is 2.54 bits per heavy atom. The van der Waals surface area contributed by atoms with E-state index >= 15 is 0 Å². The molecule has 0 spiro atoms. The van der Waals surface area contributed by atoms with Crippen LogP contribution in [-0.2, 0) is 12.6 Å². The predicted octanol–water partition coefficient (Wildman–Crippen LogP) is 4.72. The summed E-state index contributed by atoms with van der Waals surface area (Å²) in [7, 11) is 0. The highest BCUT2D eigenvalue weighted by Crippen LogP contribution is 2.35. The second kappa shape index (κ2) is 6.20. The van der Waals surface area contributed by atoms with E-state index in [9.17, 15) is 13.2 Å². The average Bonchev–Trinajstić information content (AvgIpc) is 2.93. The Balaban J connectivity index is 2.05. The summed E-state index contributed by atoms with van der Waals surface area (Å²) in [6, 6.07) is 10.9. The highest BCUT2D eigenvalue weighted by molar-refractivity contribution is 6.30. The van der Waals surface area contributed by atoms with Gasteiger partial charge in [0.25, 0.3) is 0 Å². The van der Waals surface area contributed by atoms with Crippen LogP contribution in [0.4, 0.5) is 19.1 Å². The first-order chi connectivity index (χ1) is 11.3. The van der Waals surface area contributed by atoms with Gasteiger partial charge in [-0.2, -0.15) is 13.2 Å². The first-order valence-corrected chi connectivity index (χ1v) is 7.46. The van der Waals surface area contributed by atoms with E-state index in [0.717, 1.165) is 6.07 Å². The summed E-state index contributed by atoms with van der Waals surface area (Å²) in [5.74, 6) is 0.130. The third kappa shape index (κ3) is 3.38. The van der Waals surface area contributed by atoms with Gasteiger partial charge in [-0.1, -0.05) is 29.8 Å². The number of halogens is 4. The fraction of sp³-hybridized carbons (Fsp3) is 0.118. The quantitative estimate of drug-likeness (QED) is 0.742. The summed E-state index contributed by atoms with van der Waals surface area (Å²) in [4.78, 5) is 3.83. The van der Waals surface area contributed by atoms with E-state index in [4.69, 9.17) is 17.3 Å². The molecule has 3 rings (SSSR count). The number of rotatable bonds is 3. The van der Waals surface area contributed by atoms with Gasteiger partial charge in [0.15, 0.2) is 0 Å². The van der Waals surface area contributed by atoms with Crippen LogP contribution in [0.25, 0.3) is 5.69 Å². The number of aromatic nitrogens is 2. The number of hydrogen-bond donors (Lipinski definition) is 1. The minimum absolute atomic E-state index is 0.130. The lowest BCUT2D eigenvalue weighted by Gasteiger charge is -2.15. The summed E-state index contributed by atoms with van der Waals surface area (Å²) >= 11 is 5.90. The topological polar surface area (TPSA) is 43.8 Å². The molecule has 0 aliphatic heterocycles. The zero-order chi connectivity index (χ0) is 17.3. The van der Waals surface area contributed by atoms with Gasteiger partial charge in [-0.15, -0.1) is 0 Å². The Kier molecular flexibility index (Phi) is 4.24. The zero-order valence-corrected chi connectivity index (χ0v) is 13.1. The van der Waals surface area contributed by atoms with Crippen molar-refractivity contribution < 1.29 is 13.2 Å². The Labute approximate surface area is 141 Å². The molecule has 2 aromatic carbocycles. The maximum absolute atomic E-state index is 13.5.